The van der Waals surface area contributed by atoms with E-state index >= 15 is 0 Å². The second kappa shape index (κ2) is 54.8. The van der Waals surface area contributed by atoms with Crippen molar-refractivity contribution in [2.75, 3.05) is 88.9 Å². The molecule has 4 aromatic carbocycles. The van der Waals surface area contributed by atoms with Crippen LogP contribution < -0.4 is 63.0 Å². The van der Waals surface area contributed by atoms with Crippen molar-refractivity contribution in [1.29, 1.82) is 0 Å². The summed E-state index contributed by atoms with van der Waals surface area (Å²) < 4.78 is 5.80. The fourth-order valence-corrected chi connectivity index (χ4v) is 24.1. The number of likely N-dealkylation sites (tertiary alicyclic amines) is 4. The van der Waals surface area contributed by atoms with Crippen molar-refractivity contribution in [3.8, 4) is 54.8 Å². The lowest BCUT2D eigenvalue weighted by Crippen LogP contribution is -2.58. The average Bonchev–Trinajstić information content (AvgIpc) is 1.62. The molecule has 5 aromatic heterocycles. The molecule has 17 rings (SSSR count). The highest BCUT2D eigenvalue weighted by Gasteiger charge is 2.48. The topological polar surface area (TPSA) is 427 Å². The van der Waals surface area contributed by atoms with E-state index in [0.29, 0.717) is 84.8 Å². The first-order valence-corrected chi connectivity index (χ1v) is 55.9. The number of hydrogen-bond donors (Lipinski definition) is 10. The zero-order valence-electron chi connectivity index (χ0n) is 87.8. The molecule has 0 unspecified atom stereocenters. The van der Waals surface area contributed by atoms with Crippen LogP contribution in [0.2, 0.25) is 0 Å². The van der Waals surface area contributed by atoms with Crippen LogP contribution in [-0.4, -0.2) is 266 Å². The van der Waals surface area contributed by atoms with Crippen LogP contribution in [0.4, 0.5) is 21.5 Å². The molecular formula is C111H149N23O12S3. The SMILES string of the molecule is CN[C@@H](C)C(=O)N[C@H](C(=O)N1CCC[C@H]1C(=O)N(C)c1cn(C)nc1-c1ccccc1)C1CCCCC1.CN[C@@H](C)C(=O)N[C@H](C(=O)N1CCC[C@H]1C(=O)N(C)c1snnc1-c1ccccc1)C1CCCCC1.CN[C@@H](C)C(=O)N[C@H](C(=O)N1CCC[C@H]1C(=O)Nc1nc(-c2cnccn2)sc1-c1ccccc1)C1CCCCC1.CN[C@@H](C)C(=O)N[C@H](C(=O)N1CCC[C@H]1C(=O)Nc1sccc1-c1ccccc1)C1CCCCC1. The van der Waals surface area contributed by atoms with Crippen LogP contribution in [-0.2, 0) is 64.6 Å². The lowest BCUT2D eigenvalue weighted by atomic mass is 9.83. The van der Waals surface area contributed by atoms with Crippen LogP contribution in [0.25, 0.3) is 54.8 Å². The van der Waals surface area contributed by atoms with E-state index in [0.717, 1.165) is 197 Å². The number of nitrogens with zero attached hydrogens (tertiary/aromatic N) is 13. The van der Waals surface area contributed by atoms with Crippen LogP contribution in [0.15, 0.2) is 158 Å². The molecule has 8 aliphatic rings. The first-order valence-electron chi connectivity index (χ1n) is 53.4. The Balaban J connectivity index is 0.000000157. The van der Waals surface area contributed by atoms with Crippen molar-refractivity contribution < 1.29 is 57.5 Å². The van der Waals surface area contributed by atoms with Crippen molar-refractivity contribution >= 4 is 127 Å². The summed E-state index contributed by atoms with van der Waals surface area (Å²) in [6.07, 6.45) is 32.4. The minimum absolute atomic E-state index is 0.0614. The Morgan fingerprint density at radius 2 is 0.765 bits per heavy atom. The average molecular weight is 2090 g/mol. The molecule has 798 valence electrons. The van der Waals surface area contributed by atoms with E-state index in [1.165, 1.54) is 34.2 Å². The number of aromatic nitrogens is 7. The zero-order valence-corrected chi connectivity index (χ0v) is 90.3. The number of thiazole rings is 1. The summed E-state index contributed by atoms with van der Waals surface area (Å²) in [4.78, 5) is 186. The van der Waals surface area contributed by atoms with Gasteiger partial charge in [-0.1, -0.05) is 203 Å². The number of carbonyl (C=O) groups excluding carboxylic acids is 12. The van der Waals surface area contributed by atoms with Gasteiger partial charge in [0.1, 0.15) is 80.4 Å². The number of nitrogens with one attached hydrogen (secondary N) is 10. The van der Waals surface area contributed by atoms with Gasteiger partial charge in [0.2, 0.25) is 70.9 Å². The molecule has 12 amide bonds. The van der Waals surface area contributed by atoms with E-state index in [2.05, 4.69) is 77.8 Å². The highest BCUT2D eigenvalue weighted by Crippen LogP contribution is 2.43. The van der Waals surface area contributed by atoms with Gasteiger partial charge in [-0.3, -0.25) is 72.2 Å². The maximum Gasteiger partial charge on any atom is 0.250 e. The highest BCUT2D eigenvalue weighted by molar-refractivity contribution is 7.19. The van der Waals surface area contributed by atoms with Crippen LogP contribution in [0.5, 0.6) is 0 Å². The highest BCUT2D eigenvalue weighted by atomic mass is 32.1. The maximum absolute atomic E-state index is 14.0. The molecule has 12 atom stereocenters. The van der Waals surface area contributed by atoms with E-state index in [4.69, 9.17) is 4.98 Å². The summed E-state index contributed by atoms with van der Waals surface area (Å²) in [6.45, 7) is 9.17. The predicted octanol–water partition coefficient (Wildman–Crippen LogP) is 13.4. The molecular weight excluding hydrogens is 1940 g/mol. The van der Waals surface area contributed by atoms with E-state index in [9.17, 15) is 57.5 Å². The van der Waals surface area contributed by atoms with Gasteiger partial charge in [0, 0.05) is 94.1 Å². The largest absolute Gasteiger partial charge is 0.343 e. The number of likely N-dealkylation sites (N-methyl/N-ethyl adjacent to an activating group) is 6. The summed E-state index contributed by atoms with van der Waals surface area (Å²) in [5.41, 5.74) is 7.47. The lowest BCUT2D eigenvalue weighted by molar-refractivity contribution is -0.142. The van der Waals surface area contributed by atoms with Gasteiger partial charge in [0.15, 0.2) is 5.82 Å². The summed E-state index contributed by atoms with van der Waals surface area (Å²) in [5.74, 6) is -1.28. The Labute approximate surface area is 887 Å². The molecule has 38 heteroatoms. The van der Waals surface area contributed by atoms with Crippen LogP contribution in [0.1, 0.15) is 207 Å². The second-order valence-corrected chi connectivity index (χ2v) is 43.1. The van der Waals surface area contributed by atoms with E-state index in [1.807, 2.05) is 146 Å². The molecule has 10 N–H and O–H groups in total. The third-order valence-corrected chi connectivity index (χ3v) is 33.5. The fraction of sp³-hybridized carbons (Fsp3) is 0.532. The number of benzene rings is 4. The van der Waals surface area contributed by atoms with Crippen molar-refractivity contribution in [3.05, 3.63) is 158 Å². The normalized spacial score (nSPS) is 19.8. The molecule has 4 aliphatic heterocycles. The Morgan fingerprint density at radius 3 is 1.15 bits per heavy atom. The van der Waals surface area contributed by atoms with Crippen molar-refractivity contribution in [1.82, 2.24) is 96.5 Å². The molecule has 149 heavy (non-hydrogen) atoms. The van der Waals surface area contributed by atoms with Crippen molar-refractivity contribution in [3.63, 3.8) is 0 Å². The molecule has 4 saturated carbocycles. The van der Waals surface area contributed by atoms with E-state index < -0.39 is 66.5 Å². The van der Waals surface area contributed by atoms with Crippen molar-refractivity contribution in [2.24, 2.45) is 30.7 Å². The number of amides is 12. The summed E-state index contributed by atoms with van der Waals surface area (Å²) in [7, 11) is 12.2. The maximum atomic E-state index is 14.0. The van der Waals surface area contributed by atoms with Gasteiger partial charge in [-0.05, 0) is 205 Å². The van der Waals surface area contributed by atoms with Gasteiger partial charge in [0.05, 0.1) is 40.9 Å². The van der Waals surface area contributed by atoms with Gasteiger partial charge in [-0.25, -0.2) is 4.98 Å². The third-order valence-electron chi connectivity index (χ3n) is 30.7. The second-order valence-electron chi connectivity index (χ2n) is 40.5. The Bertz CT molecular complexity index is 5930. The standard InChI is InChI=1S/C30H37N7O3S.C28H40N6O3.C27H36N4O3S.C26H36N6O3S/c1-19(31-2)27(38)34-24(20-10-5-3-6-11-20)30(40)37-17-9-14-23(37)28(39)35-26-25(21-12-7-4-8-13-21)41-29(36-26)22-18-32-15-16-33-22;1-19(29-2)26(35)30-25(21-14-9-6-10-15-21)28(37)34-17-11-16-22(34)27(36)33(4)23-18-32(3)31-24(23)20-12-7-5-8-13-20;1-18(28-2)24(32)29-23(20-12-7-4-8-13-20)27(34)31-16-9-14-22(31)25(33)30-26-21(15-17-35-26)19-10-5-3-6-11-19;1-17(27-2)23(33)28-21(18-11-6-4-7-12-18)25(35)32-16-10-15-20(32)24(34)31(3)26-22(29-30-36-26)19-13-8-5-9-14-19/h4,7-8,12-13,15-16,18-20,23-24,31H,3,5-6,9-11,14,17H2,1-2H3,(H,34,38)(H,35,39);5,7-8,12-13,18-19,21-22,25,29H,6,9-11,14-17H2,1-4H3,(H,30,35);3,5-6,10-11,15,17-18,20,22-23,28H,4,7-9,12-14,16H2,1-2H3,(H,29,32)(H,30,33);5,8-9,13-14,17-18,20-21,27H,4,6-7,10-12,15-16H2,1-3H3,(H,28,33)/t19-,23-,24-;19-,22-,25-;18-,22-,23-;17-,20-,21-/m0000/s1. The van der Waals surface area contributed by atoms with Crippen LogP contribution in [0, 0.1) is 23.7 Å². The number of hydrogen-bond acceptors (Lipinski definition) is 25. The monoisotopic (exact) mass is 2090 g/mol. The minimum atomic E-state index is -0.644. The van der Waals surface area contributed by atoms with Gasteiger partial charge >= 0.3 is 0 Å². The van der Waals surface area contributed by atoms with E-state index in [1.54, 1.807) is 123 Å². The smallest absolute Gasteiger partial charge is 0.250 e. The van der Waals surface area contributed by atoms with Crippen molar-refractivity contribution in [2.45, 2.75) is 280 Å². The molecule has 0 radical (unpaired) electrons. The molecule has 0 spiro atoms. The Kier molecular flexibility index (Phi) is 41.3. The third kappa shape index (κ3) is 28.4. The number of thiophene rings is 1. The first-order chi connectivity index (χ1) is 72.2. The quantitative estimate of drug-likeness (QED) is 0.0183. The number of rotatable bonds is 33. The molecule has 35 nitrogen and oxygen atoms in total. The lowest BCUT2D eigenvalue weighted by Gasteiger charge is -2.35. The number of aryl methyl sites for hydroxylation is 1. The molecule has 0 bridgehead atoms. The van der Waals surface area contributed by atoms with Gasteiger partial charge in [-0.2, -0.15) is 5.10 Å². The van der Waals surface area contributed by atoms with Crippen LogP contribution in [0.3, 0.4) is 0 Å². The summed E-state index contributed by atoms with van der Waals surface area (Å²) in [6, 6.07) is 34.8. The van der Waals surface area contributed by atoms with E-state index in [-0.39, 0.29) is 101 Å². The van der Waals surface area contributed by atoms with Crippen LogP contribution >= 0.6 is 34.2 Å². The predicted molar refractivity (Wildman–Crippen MR) is 583 cm³/mol. The molecule has 4 aliphatic carbocycles. The number of carbonyl (C=O) groups is 12. The molecule has 9 heterocycles. The van der Waals surface area contributed by atoms with Gasteiger partial charge < -0.3 is 82.6 Å². The molecule has 4 saturated heterocycles. The van der Waals surface area contributed by atoms with Gasteiger partial charge in [-0.15, -0.1) is 27.8 Å². The summed E-state index contributed by atoms with van der Waals surface area (Å²) in [5, 5.41) is 43.0. The summed E-state index contributed by atoms with van der Waals surface area (Å²) >= 11 is 4.08. The number of anilines is 4. The zero-order chi connectivity index (χ0) is 106. The minimum Gasteiger partial charge on any atom is -0.343 e. The van der Waals surface area contributed by atoms with Gasteiger partial charge in [0.25, 0.3) is 0 Å². The first kappa shape index (κ1) is 112. The fourth-order valence-electron chi connectivity index (χ4n) is 21.7. The molecule has 9 aromatic rings. The Hall–Kier alpha value is -12.5. The molecule has 8 fully saturated rings. The Morgan fingerprint density at radius 1 is 0.403 bits per heavy atom.